The first-order valence-corrected chi connectivity index (χ1v) is 9.04. The summed E-state index contributed by atoms with van der Waals surface area (Å²) >= 11 is 5.40. The number of phenolic OH excluding ortho intramolecular Hbond substituents is 1. The van der Waals surface area contributed by atoms with Crippen molar-refractivity contribution in [1.82, 2.24) is 10.6 Å². The fourth-order valence-electron chi connectivity index (χ4n) is 4.12. The molecule has 0 saturated carbocycles. The molecule has 2 heterocycles. The summed E-state index contributed by atoms with van der Waals surface area (Å²) in [6.07, 6.45) is 1.34. The largest absolute Gasteiger partial charge is 0.508 e. The maximum atomic E-state index is 13.4. The van der Waals surface area contributed by atoms with Gasteiger partial charge in [0.1, 0.15) is 17.3 Å². The lowest BCUT2D eigenvalue weighted by Gasteiger charge is -2.50. The molecule has 2 aromatic rings. The van der Waals surface area contributed by atoms with E-state index in [9.17, 15) is 9.50 Å². The highest BCUT2D eigenvalue weighted by molar-refractivity contribution is 7.80. The van der Waals surface area contributed by atoms with E-state index in [0.29, 0.717) is 23.7 Å². The summed E-state index contributed by atoms with van der Waals surface area (Å²) in [5.41, 5.74) is 1.06. The second-order valence-corrected chi connectivity index (χ2v) is 8.17. The molecule has 6 heteroatoms. The van der Waals surface area contributed by atoms with Crippen LogP contribution < -0.4 is 15.4 Å². The topological polar surface area (TPSA) is 53.5 Å². The molecule has 26 heavy (non-hydrogen) atoms. The number of nitrogens with one attached hydrogen (secondary N) is 2. The lowest BCUT2D eigenvalue weighted by molar-refractivity contribution is -0.0128. The Morgan fingerprint density at radius 3 is 2.58 bits per heavy atom. The van der Waals surface area contributed by atoms with Crippen LogP contribution in [0.4, 0.5) is 4.39 Å². The summed E-state index contributed by atoms with van der Waals surface area (Å²) in [4.78, 5) is 0. The van der Waals surface area contributed by atoms with Crippen LogP contribution in [0.15, 0.2) is 42.5 Å². The van der Waals surface area contributed by atoms with E-state index in [1.165, 1.54) is 12.1 Å². The van der Waals surface area contributed by atoms with Crippen molar-refractivity contribution in [2.24, 2.45) is 0 Å². The van der Waals surface area contributed by atoms with Crippen molar-refractivity contribution in [2.45, 2.75) is 43.9 Å². The summed E-state index contributed by atoms with van der Waals surface area (Å²) in [7, 11) is 0. The Balaban J connectivity index is 1.81. The number of fused-ring (bicyclic) bond motifs is 1. The number of phenols is 1. The third-order valence-electron chi connectivity index (χ3n) is 5.00. The van der Waals surface area contributed by atoms with Gasteiger partial charge in [-0.3, -0.25) is 0 Å². The summed E-state index contributed by atoms with van der Waals surface area (Å²) < 4.78 is 19.8. The molecular formula is C20H21FN2O2S. The maximum absolute atomic E-state index is 13.4. The van der Waals surface area contributed by atoms with Crippen molar-refractivity contribution in [3.8, 4) is 11.5 Å². The first-order valence-electron chi connectivity index (χ1n) is 8.63. The fourth-order valence-corrected chi connectivity index (χ4v) is 4.58. The predicted octanol–water partition coefficient (Wildman–Crippen LogP) is 3.79. The number of halogens is 1. The highest BCUT2D eigenvalue weighted by Gasteiger charge is 2.48. The molecule has 1 spiro atoms. The third kappa shape index (κ3) is 3.09. The molecule has 2 atom stereocenters. The van der Waals surface area contributed by atoms with Crippen LogP contribution in [-0.2, 0) is 0 Å². The molecule has 2 aliphatic heterocycles. The summed E-state index contributed by atoms with van der Waals surface area (Å²) in [6, 6.07) is 11.7. The van der Waals surface area contributed by atoms with E-state index in [0.717, 1.165) is 11.1 Å². The maximum Gasteiger partial charge on any atom is 0.185 e. The minimum Gasteiger partial charge on any atom is -0.508 e. The molecule has 4 rings (SSSR count). The minimum atomic E-state index is -0.689. The normalized spacial score (nSPS) is 26.4. The number of hydrogen-bond acceptors (Lipinski definition) is 3. The average Bonchev–Trinajstić information content (AvgIpc) is 2.52. The van der Waals surface area contributed by atoms with Crippen LogP contribution in [0, 0.1) is 5.82 Å². The van der Waals surface area contributed by atoms with Gasteiger partial charge < -0.3 is 20.5 Å². The van der Waals surface area contributed by atoms with E-state index < -0.39 is 5.72 Å². The highest BCUT2D eigenvalue weighted by atomic mass is 32.1. The molecule has 0 aliphatic carbocycles. The van der Waals surface area contributed by atoms with Gasteiger partial charge in [0.15, 0.2) is 10.8 Å². The first-order chi connectivity index (χ1) is 12.3. The Morgan fingerprint density at radius 2 is 1.88 bits per heavy atom. The van der Waals surface area contributed by atoms with Crippen molar-refractivity contribution in [1.29, 1.82) is 0 Å². The number of benzene rings is 2. The number of aromatic hydroxyl groups is 1. The Kier molecular flexibility index (Phi) is 3.84. The average molecular weight is 372 g/mol. The molecule has 0 unspecified atom stereocenters. The Bertz CT molecular complexity index is 869. The van der Waals surface area contributed by atoms with Crippen LogP contribution in [0.25, 0.3) is 0 Å². The predicted molar refractivity (Wildman–Crippen MR) is 102 cm³/mol. The van der Waals surface area contributed by atoms with Crippen LogP contribution in [0.2, 0.25) is 0 Å². The van der Waals surface area contributed by atoms with E-state index in [1.807, 2.05) is 6.07 Å². The van der Waals surface area contributed by atoms with Crippen LogP contribution in [-0.4, -0.2) is 21.5 Å². The van der Waals surface area contributed by atoms with Crippen molar-refractivity contribution < 1.29 is 14.2 Å². The van der Waals surface area contributed by atoms with E-state index >= 15 is 0 Å². The summed E-state index contributed by atoms with van der Waals surface area (Å²) in [6.45, 7) is 4.16. The molecule has 0 aromatic heterocycles. The second kappa shape index (κ2) is 5.84. The van der Waals surface area contributed by atoms with Crippen molar-refractivity contribution >= 4 is 17.3 Å². The minimum absolute atomic E-state index is 0.00384. The Morgan fingerprint density at radius 1 is 1.15 bits per heavy atom. The van der Waals surface area contributed by atoms with Crippen LogP contribution >= 0.6 is 12.2 Å². The zero-order valence-electron chi connectivity index (χ0n) is 14.7. The van der Waals surface area contributed by atoms with E-state index in [2.05, 4.69) is 24.5 Å². The quantitative estimate of drug-likeness (QED) is 0.665. The van der Waals surface area contributed by atoms with Gasteiger partial charge in [0.2, 0.25) is 0 Å². The fraction of sp³-hybridized carbons (Fsp3) is 0.350. The van der Waals surface area contributed by atoms with Gasteiger partial charge in [0.05, 0.1) is 0 Å². The summed E-state index contributed by atoms with van der Waals surface area (Å²) in [5.74, 6) is 0.515. The molecule has 0 radical (unpaired) electrons. The monoisotopic (exact) mass is 372 g/mol. The van der Waals surface area contributed by atoms with Crippen molar-refractivity contribution in [3.63, 3.8) is 0 Å². The Labute approximate surface area is 157 Å². The zero-order chi connectivity index (χ0) is 18.5. The van der Waals surface area contributed by atoms with E-state index in [4.69, 9.17) is 17.0 Å². The molecule has 1 fully saturated rings. The molecule has 0 amide bonds. The number of thiocarbonyl (C=S) groups is 1. The van der Waals surface area contributed by atoms with E-state index in [1.54, 1.807) is 24.3 Å². The highest BCUT2D eigenvalue weighted by Crippen LogP contribution is 2.47. The molecule has 3 N–H and O–H groups in total. The van der Waals surface area contributed by atoms with Gasteiger partial charge >= 0.3 is 0 Å². The van der Waals surface area contributed by atoms with E-state index in [-0.39, 0.29) is 23.0 Å². The lowest BCUT2D eigenvalue weighted by atomic mass is 9.77. The van der Waals surface area contributed by atoms with Crippen LogP contribution in [0.1, 0.15) is 43.7 Å². The molecule has 1 saturated heterocycles. The van der Waals surface area contributed by atoms with Gasteiger partial charge in [-0.1, -0.05) is 18.2 Å². The van der Waals surface area contributed by atoms with Crippen molar-refractivity contribution in [2.75, 3.05) is 0 Å². The Hall–Kier alpha value is -2.34. The van der Waals surface area contributed by atoms with Gasteiger partial charge in [-0.25, -0.2) is 4.39 Å². The number of hydrogen-bond donors (Lipinski definition) is 3. The standard InChI is InChI=1S/C20H21FN2O2S/c1-19(2)11-20(23-18(26)22-19)10-16(12-3-5-13(21)6-4-12)15-8-7-14(24)9-17(15)25-20/h3-9,16,24H,10-11H2,1-2H3,(H2,22,23,26)/t16-,20+/m0/s1. The molecule has 2 aromatic carbocycles. The van der Waals surface area contributed by atoms with Crippen molar-refractivity contribution in [3.05, 3.63) is 59.4 Å². The van der Waals surface area contributed by atoms with Crippen LogP contribution in [0.5, 0.6) is 11.5 Å². The van der Waals surface area contributed by atoms with Gasteiger partial charge in [-0.05, 0) is 49.8 Å². The molecular weight excluding hydrogens is 351 g/mol. The number of ether oxygens (including phenoxy) is 1. The number of rotatable bonds is 1. The van der Waals surface area contributed by atoms with Crippen LogP contribution in [0.3, 0.4) is 0 Å². The molecule has 4 nitrogen and oxygen atoms in total. The van der Waals surface area contributed by atoms with Gasteiger partial charge in [0, 0.05) is 35.9 Å². The zero-order valence-corrected chi connectivity index (χ0v) is 15.5. The van der Waals surface area contributed by atoms with Gasteiger partial charge in [-0.15, -0.1) is 0 Å². The van der Waals surface area contributed by atoms with Gasteiger partial charge in [0.25, 0.3) is 0 Å². The third-order valence-corrected chi connectivity index (χ3v) is 5.21. The first kappa shape index (κ1) is 17.1. The van der Waals surface area contributed by atoms with Gasteiger partial charge in [-0.2, -0.15) is 0 Å². The second-order valence-electron chi connectivity index (χ2n) is 7.77. The smallest absolute Gasteiger partial charge is 0.185 e. The molecule has 0 bridgehead atoms. The lowest BCUT2D eigenvalue weighted by Crippen LogP contribution is -2.69. The molecule has 2 aliphatic rings. The summed E-state index contributed by atoms with van der Waals surface area (Å²) in [5, 5.41) is 17.0. The molecule has 136 valence electrons. The SMILES string of the molecule is CC1(C)C[C@]2(C[C@@H](c3ccc(F)cc3)c3ccc(O)cc3O2)NC(=S)N1.